The van der Waals surface area contributed by atoms with Gasteiger partial charge in [-0.1, -0.05) is 13.8 Å². The fourth-order valence-electron chi connectivity index (χ4n) is 3.20. The maximum atomic E-state index is 5.82. The molecule has 4 heteroatoms. The Morgan fingerprint density at radius 3 is 2.24 bits per heavy atom. The number of rotatable bonds is 6. The summed E-state index contributed by atoms with van der Waals surface area (Å²) in [4.78, 5) is 2.48. The van der Waals surface area contributed by atoms with Gasteiger partial charge in [0.25, 0.3) is 0 Å². The maximum absolute atomic E-state index is 5.82. The Morgan fingerprint density at radius 1 is 1.29 bits per heavy atom. The molecule has 1 heterocycles. The molecule has 4 nitrogen and oxygen atoms in total. The summed E-state index contributed by atoms with van der Waals surface area (Å²) >= 11 is 0. The molecule has 1 fully saturated rings. The number of ether oxygens (including phenoxy) is 1. The van der Waals surface area contributed by atoms with Crippen LogP contribution in [0.15, 0.2) is 0 Å². The van der Waals surface area contributed by atoms with E-state index in [9.17, 15) is 0 Å². The van der Waals surface area contributed by atoms with Crippen molar-refractivity contribution in [1.82, 2.24) is 10.3 Å². The van der Waals surface area contributed by atoms with Crippen molar-refractivity contribution < 1.29 is 4.74 Å². The topological polar surface area (TPSA) is 50.5 Å². The minimum atomic E-state index is 0.0836. The molecule has 1 rings (SSSR count). The average molecular weight is 243 g/mol. The predicted molar refractivity (Wildman–Crippen MR) is 71.7 cm³/mol. The average Bonchev–Trinajstić information content (AvgIpc) is 2.32. The Morgan fingerprint density at radius 2 is 1.82 bits per heavy atom. The van der Waals surface area contributed by atoms with Crippen molar-refractivity contribution in [3.05, 3.63) is 0 Å². The van der Waals surface area contributed by atoms with Gasteiger partial charge in [-0.3, -0.25) is 16.2 Å². The Kier molecular flexibility index (Phi) is 5.86. The van der Waals surface area contributed by atoms with E-state index >= 15 is 0 Å². The van der Waals surface area contributed by atoms with Crippen LogP contribution >= 0.6 is 0 Å². The van der Waals surface area contributed by atoms with Crippen LogP contribution in [0, 0.1) is 5.92 Å². The normalized spacial score (nSPS) is 20.8. The third-order valence-electron chi connectivity index (χ3n) is 4.26. The van der Waals surface area contributed by atoms with Crippen molar-refractivity contribution in [1.29, 1.82) is 0 Å². The minimum Gasteiger partial charge on any atom is -0.381 e. The first-order chi connectivity index (χ1) is 8.07. The Balaban J connectivity index is 2.75. The molecule has 0 bridgehead atoms. The molecule has 1 saturated heterocycles. The molecule has 0 radical (unpaired) electrons. The van der Waals surface area contributed by atoms with Gasteiger partial charge in [0.2, 0.25) is 0 Å². The van der Waals surface area contributed by atoms with Gasteiger partial charge in [-0.2, -0.15) is 0 Å². The van der Waals surface area contributed by atoms with Crippen LogP contribution in [0.5, 0.6) is 0 Å². The quantitative estimate of drug-likeness (QED) is 0.546. The molecule has 1 atom stereocenters. The second-order valence-corrected chi connectivity index (χ2v) is 5.42. The number of nitrogens with two attached hydrogens (primary N) is 1. The number of nitrogens with zero attached hydrogens (tertiary/aromatic N) is 1. The molecule has 0 spiro atoms. The first-order valence-corrected chi connectivity index (χ1v) is 6.86. The zero-order valence-corrected chi connectivity index (χ0v) is 11.8. The molecule has 0 aliphatic carbocycles. The van der Waals surface area contributed by atoms with Gasteiger partial charge in [0, 0.05) is 24.8 Å². The molecule has 1 aliphatic heterocycles. The number of hydrogen-bond donors (Lipinski definition) is 2. The second-order valence-electron chi connectivity index (χ2n) is 5.42. The molecule has 0 saturated carbocycles. The molecule has 0 aromatic heterocycles. The molecule has 3 N–H and O–H groups in total. The standard InChI is InChI=1S/C13H29N3O/c1-5-16(6-2)13(3,4)12(15-14)11-7-9-17-10-8-11/h11-12,15H,5-10,14H2,1-4H3. The minimum absolute atomic E-state index is 0.0836. The summed E-state index contributed by atoms with van der Waals surface area (Å²) in [5.74, 6) is 6.43. The van der Waals surface area contributed by atoms with E-state index in [2.05, 4.69) is 38.0 Å². The largest absolute Gasteiger partial charge is 0.381 e. The highest BCUT2D eigenvalue weighted by atomic mass is 16.5. The van der Waals surface area contributed by atoms with Crippen LogP contribution in [-0.2, 0) is 4.74 Å². The lowest BCUT2D eigenvalue weighted by molar-refractivity contribution is 0.00861. The zero-order chi connectivity index (χ0) is 12.9. The van der Waals surface area contributed by atoms with Crippen LogP contribution in [0.25, 0.3) is 0 Å². The van der Waals surface area contributed by atoms with E-state index in [1.54, 1.807) is 0 Å². The van der Waals surface area contributed by atoms with E-state index in [1.165, 1.54) is 0 Å². The van der Waals surface area contributed by atoms with E-state index in [0.29, 0.717) is 12.0 Å². The summed E-state index contributed by atoms with van der Waals surface area (Å²) in [6, 6.07) is 0.325. The second kappa shape index (κ2) is 6.69. The molecule has 0 amide bonds. The molecule has 17 heavy (non-hydrogen) atoms. The van der Waals surface area contributed by atoms with E-state index < -0.39 is 0 Å². The number of hydrazine groups is 1. The van der Waals surface area contributed by atoms with Gasteiger partial charge < -0.3 is 4.74 Å². The van der Waals surface area contributed by atoms with E-state index in [1.807, 2.05) is 0 Å². The molecule has 0 aromatic carbocycles. The summed E-state index contributed by atoms with van der Waals surface area (Å²) in [7, 11) is 0. The molecule has 1 aliphatic rings. The van der Waals surface area contributed by atoms with Gasteiger partial charge in [-0.15, -0.1) is 0 Å². The van der Waals surface area contributed by atoms with E-state index in [4.69, 9.17) is 10.6 Å². The van der Waals surface area contributed by atoms with Crippen LogP contribution in [0.1, 0.15) is 40.5 Å². The van der Waals surface area contributed by atoms with Crippen LogP contribution < -0.4 is 11.3 Å². The fourth-order valence-corrected chi connectivity index (χ4v) is 3.20. The van der Waals surface area contributed by atoms with Crippen molar-refractivity contribution in [3.63, 3.8) is 0 Å². The van der Waals surface area contributed by atoms with Crippen LogP contribution in [-0.4, -0.2) is 42.8 Å². The van der Waals surface area contributed by atoms with Crippen molar-refractivity contribution in [2.45, 2.75) is 52.1 Å². The number of likely N-dealkylation sites (N-methyl/N-ethyl adjacent to an activating group) is 1. The smallest absolute Gasteiger partial charge is 0.0469 e. The molecule has 102 valence electrons. The van der Waals surface area contributed by atoms with Crippen LogP contribution in [0.3, 0.4) is 0 Å². The SMILES string of the molecule is CCN(CC)C(C)(C)C(NN)C1CCOCC1. The highest BCUT2D eigenvalue weighted by Crippen LogP contribution is 2.29. The first kappa shape index (κ1) is 14.9. The highest BCUT2D eigenvalue weighted by Gasteiger charge is 2.38. The lowest BCUT2D eigenvalue weighted by Crippen LogP contribution is -2.62. The molecular weight excluding hydrogens is 214 g/mol. The summed E-state index contributed by atoms with van der Waals surface area (Å²) in [5.41, 5.74) is 3.15. The summed E-state index contributed by atoms with van der Waals surface area (Å²) in [5, 5.41) is 0. The Labute approximate surface area is 106 Å². The van der Waals surface area contributed by atoms with Crippen molar-refractivity contribution in [2.24, 2.45) is 11.8 Å². The Bertz CT molecular complexity index is 211. The number of hydrogen-bond acceptors (Lipinski definition) is 4. The van der Waals surface area contributed by atoms with Crippen molar-refractivity contribution >= 4 is 0 Å². The predicted octanol–water partition coefficient (Wildman–Crippen LogP) is 1.37. The molecule has 1 unspecified atom stereocenters. The highest BCUT2D eigenvalue weighted by molar-refractivity contribution is 4.96. The third-order valence-corrected chi connectivity index (χ3v) is 4.26. The monoisotopic (exact) mass is 243 g/mol. The summed E-state index contributed by atoms with van der Waals surface area (Å²) in [6.45, 7) is 12.9. The third kappa shape index (κ3) is 3.41. The molecular formula is C13H29N3O. The van der Waals surface area contributed by atoms with Crippen LogP contribution in [0.2, 0.25) is 0 Å². The van der Waals surface area contributed by atoms with Gasteiger partial charge in [-0.05, 0) is 45.7 Å². The fraction of sp³-hybridized carbons (Fsp3) is 1.00. The van der Waals surface area contributed by atoms with E-state index in [0.717, 1.165) is 39.1 Å². The maximum Gasteiger partial charge on any atom is 0.0469 e. The number of nitrogens with one attached hydrogen (secondary N) is 1. The van der Waals surface area contributed by atoms with Gasteiger partial charge in [-0.25, -0.2) is 0 Å². The Hall–Kier alpha value is -0.160. The van der Waals surface area contributed by atoms with Crippen LogP contribution in [0.4, 0.5) is 0 Å². The summed E-state index contributed by atoms with van der Waals surface area (Å²) in [6.07, 6.45) is 2.22. The van der Waals surface area contributed by atoms with Gasteiger partial charge in [0.05, 0.1) is 0 Å². The van der Waals surface area contributed by atoms with E-state index in [-0.39, 0.29) is 5.54 Å². The van der Waals surface area contributed by atoms with Gasteiger partial charge in [0.1, 0.15) is 0 Å². The van der Waals surface area contributed by atoms with Crippen molar-refractivity contribution in [3.8, 4) is 0 Å². The zero-order valence-electron chi connectivity index (χ0n) is 11.8. The van der Waals surface area contributed by atoms with Gasteiger partial charge in [0.15, 0.2) is 0 Å². The van der Waals surface area contributed by atoms with Gasteiger partial charge >= 0.3 is 0 Å². The lowest BCUT2D eigenvalue weighted by atomic mass is 9.79. The van der Waals surface area contributed by atoms with Crippen molar-refractivity contribution in [2.75, 3.05) is 26.3 Å². The molecule has 0 aromatic rings. The lowest BCUT2D eigenvalue weighted by Gasteiger charge is -2.47. The first-order valence-electron chi connectivity index (χ1n) is 6.86. The summed E-state index contributed by atoms with van der Waals surface area (Å²) < 4.78 is 5.44.